The topological polar surface area (TPSA) is 77.7 Å². The number of nitrogens with zero attached hydrogens (tertiary/aromatic N) is 3. The normalized spacial score (nSPS) is 23.1. The summed E-state index contributed by atoms with van der Waals surface area (Å²) in [6.45, 7) is 2.25. The smallest absolute Gasteiger partial charge is 0.254 e. The average Bonchev–Trinajstić information content (AvgIpc) is 3.42. The number of amides is 1. The standard InChI is InChI=1S/C20H25N3O4/c1-13-21-22-19(26-13)18-11-17(25-2)12-23(18)20(24)14-7-9-16(10-8-14)27-15-5-3-4-6-15/h7-10,15,17-18H,3-6,11-12H2,1-2H3/t17-,18+/m0/s1. The lowest BCUT2D eigenvalue weighted by atomic mass is 10.1. The van der Waals surface area contributed by atoms with Gasteiger partial charge in [0.25, 0.3) is 5.91 Å². The highest BCUT2D eigenvalue weighted by molar-refractivity contribution is 5.94. The molecule has 0 unspecified atom stereocenters. The van der Waals surface area contributed by atoms with Crippen molar-refractivity contribution in [2.24, 2.45) is 0 Å². The van der Waals surface area contributed by atoms with Crippen molar-refractivity contribution in [2.75, 3.05) is 13.7 Å². The van der Waals surface area contributed by atoms with Gasteiger partial charge in [-0.05, 0) is 49.9 Å². The van der Waals surface area contributed by atoms with Crippen molar-refractivity contribution in [1.29, 1.82) is 0 Å². The van der Waals surface area contributed by atoms with Crippen LogP contribution in [0.4, 0.5) is 0 Å². The number of ether oxygens (including phenoxy) is 2. The predicted octanol–water partition coefficient (Wildman–Crippen LogP) is 3.30. The van der Waals surface area contributed by atoms with E-state index < -0.39 is 0 Å². The largest absolute Gasteiger partial charge is 0.490 e. The van der Waals surface area contributed by atoms with E-state index in [2.05, 4.69) is 10.2 Å². The van der Waals surface area contributed by atoms with Crippen LogP contribution in [0.3, 0.4) is 0 Å². The summed E-state index contributed by atoms with van der Waals surface area (Å²) in [4.78, 5) is 14.9. The Balaban J connectivity index is 1.49. The summed E-state index contributed by atoms with van der Waals surface area (Å²) in [5.41, 5.74) is 0.617. The van der Waals surface area contributed by atoms with Gasteiger partial charge in [-0.1, -0.05) is 0 Å². The van der Waals surface area contributed by atoms with Gasteiger partial charge in [-0.2, -0.15) is 0 Å². The molecule has 1 aromatic heterocycles. The van der Waals surface area contributed by atoms with Crippen molar-refractivity contribution in [3.63, 3.8) is 0 Å². The summed E-state index contributed by atoms with van der Waals surface area (Å²) in [5.74, 6) is 1.70. The van der Waals surface area contributed by atoms with E-state index in [0.29, 0.717) is 36.4 Å². The highest BCUT2D eigenvalue weighted by Gasteiger charge is 2.39. The molecule has 2 aliphatic rings. The van der Waals surface area contributed by atoms with Gasteiger partial charge in [-0.15, -0.1) is 10.2 Å². The number of hydrogen-bond acceptors (Lipinski definition) is 6. The van der Waals surface area contributed by atoms with Gasteiger partial charge in [0.2, 0.25) is 11.8 Å². The van der Waals surface area contributed by atoms with Crippen LogP contribution in [0, 0.1) is 6.92 Å². The molecule has 2 fully saturated rings. The first-order chi connectivity index (χ1) is 13.1. The molecule has 1 saturated heterocycles. The van der Waals surface area contributed by atoms with E-state index in [0.717, 1.165) is 18.6 Å². The Hall–Kier alpha value is -2.41. The Morgan fingerprint density at radius 1 is 1.15 bits per heavy atom. The van der Waals surface area contributed by atoms with Crippen LogP contribution in [0.15, 0.2) is 28.7 Å². The van der Waals surface area contributed by atoms with Gasteiger partial charge in [-0.25, -0.2) is 0 Å². The van der Waals surface area contributed by atoms with Crippen LogP contribution >= 0.6 is 0 Å². The number of benzene rings is 1. The molecule has 4 rings (SSSR count). The second kappa shape index (κ2) is 7.68. The number of rotatable bonds is 5. The lowest BCUT2D eigenvalue weighted by molar-refractivity contribution is 0.0674. The van der Waals surface area contributed by atoms with E-state index >= 15 is 0 Å². The summed E-state index contributed by atoms with van der Waals surface area (Å²) in [5, 5.41) is 8.01. The molecule has 2 aromatic rings. The lowest BCUT2D eigenvalue weighted by Gasteiger charge is -2.22. The Labute approximate surface area is 158 Å². The molecule has 0 bridgehead atoms. The monoisotopic (exact) mass is 371 g/mol. The summed E-state index contributed by atoms with van der Waals surface area (Å²) in [6.07, 6.45) is 5.58. The Morgan fingerprint density at radius 2 is 1.89 bits per heavy atom. The number of carbonyl (C=O) groups excluding carboxylic acids is 1. The van der Waals surface area contributed by atoms with Crippen molar-refractivity contribution in [2.45, 2.75) is 57.3 Å². The highest BCUT2D eigenvalue weighted by atomic mass is 16.5. The minimum atomic E-state index is -0.266. The van der Waals surface area contributed by atoms with Crippen molar-refractivity contribution in [3.05, 3.63) is 41.6 Å². The molecule has 0 spiro atoms. The summed E-state index contributed by atoms with van der Waals surface area (Å²) < 4.78 is 17.0. The van der Waals surface area contributed by atoms with Crippen molar-refractivity contribution >= 4 is 5.91 Å². The number of aryl methyl sites for hydroxylation is 1. The van der Waals surface area contributed by atoms with E-state index in [4.69, 9.17) is 13.9 Å². The number of carbonyl (C=O) groups is 1. The van der Waals surface area contributed by atoms with Gasteiger partial charge in [0, 0.05) is 32.6 Å². The third-order valence-corrected chi connectivity index (χ3v) is 5.39. The van der Waals surface area contributed by atoms with Gasteiger partial charge in [0.15, 0.2) is 0 Å². The van der Waals surface area contributed by atoms with Crippen LogP contribution in [0.5, 0.6) is 5.75 Å². The van der Waals surface area contributed by atoms with Gasteiger partial charge in [0.1, 0.15) is 11.8 Å². The number of aromatic nitrogens is 2. The molecule has 144 valence electrons. The van der Waals surface area contributed by atoms with Gasteiger partial charge >= 0.3 is 0 Å². The van der Waals surface area contributed by atoms with Crippen LogP contribution in [0.25, 0.3) is 0 Å². The average molecular weight is 371 g/mol. The fourth-order valence-electron chi connectivity index (χ4n) is 3.91. The van der Waals surface area contributed by atoms with E-state index in [1.54, 1.807) is 18.9 Å². The zero-order chi connectivity index (χ0) is 18.8. The molecule has 1 aromatic carbocycles. The highest BCUT2D eigenvalue weighted by Crippen LogP contribution is 2.34. The third-order valence-electron chi connectivity index (χ3n) is 5.39. The fourth-order valence-corrected chi connectivity index (χ4v) is 3.91. The first-order valence-electron chi connectivity index (χ1n) is 9.54. The van der Waals surface area contributed by atoms with Crippen molar-refractivity contribution in [1.82, 2.24) is 15.1 Å². The molecule has 0 N–H and O–H groups in total. The molecule has 2 atom stereocenters. The molecule has 7 nitrogen and oxygen atoms in total. The molecule has 0 radical (unpaired) electrons. The summed E-state index contributed by atoms with van der Waals surface area (Å²) in [7, 11) is 1.66. The summed E-state index contributed by atoms with van der Waals surface area (Å²) >= 11 is 0. The van der Waals surface area contributed by atoms with Crippen LogP contribution in [-0.2, 0) is 4.74 Å². The quantitative estimate of drug-likeness (QED) is 0.802. The van der Waals surface area contributed by atoms with Crippen LogP contribution in [0.1, 0.15) is 60.3 Å². The zero-order valence-electron chi connectivity index (χ0n) is 15.8. The molecule has 7 heteroatoms. The van der Waals surface area contributed by atoms with E-state index in [-0.39, 0.29) is 18.1 Å². The predicted molar refractivity (Wildman–Crippen MR) is 97.6 cm³/mol. The Bertz CT molecular complexity index is 783. The fraction of sp³-hybridized carbons (Fsp3) is 0.550. The number of methoxy groups -OCH3 is 1. The molecule has 1 saturated carbocycles. The van der Waals surface area contributed by atoms with Gasteiger partial charge in [0.05, 0.1) is 12.2 Å². The van der Waals surface area contributed by atoms with Crippen LogP contribution in [0.2, 0.25) is 0 Å². The maximum atomic E-state index is 13.1. The second-order valence-corrected chi connectivity index (χ2v) is 7.27. The van der Waals surface area contributed by atoms with Crippen molar-refractivity contribution in [3.8, 4) is 5.75 Å². The van der Waals surface area contributed by atoms with Crippen molar-refractivity contribution < 1.29 is 18.7 Å². The molecule has 1 aliphatic heterocycles. The first-order valence-corrected chi connectivity index (χ1v) is 9.54. The van der Waals surface area contributed by atoms with Crippen LogP contribution in [-0.4, -0.2) is 46.9 Å². The van der Waals surface area contributed by atoms with E-state index in [1.807, 2.05) is 24.3 Å². The molecule has 1 amide bonds. The first kappa shape index (κ1) is 18.0. The van der Waals surface area contributed by atoms with E-state index in [1.165, 1.54) is 12.8 Å². The maximum Gasteiger partial charge on any atom is 0.254 e. The molecule has 1 aliphatic carbocycles. The Morgan fingerprint density at radius 3 is 2.52 bits per heavy atom. The minimum Gasteiger partial charge on any atom is -0.490 e. The maximum absolute atomic E-state index is 13.1. The lowest BCUT2D eigenvalue weighted by Crippen LogP contribution is -2.32. The molecule has 2 heterocycles. The summed E-state index contributed by atoms with van der Waals surface area (Å²) in [6, 6.07) is 7.13. The van der Waals surface area contributed by atoms with Gasteiger partial charge in [-0.3, -0.25) is 4.79 Å². The van der Waals surface area contributed by atoms with E-state index in [9.17, 15) is 4.79 Å². The molecular weight excluding hydrogens is 346 g/mol. The molecule has 27 heavy (non-hydrogen) atoms. The third kappa shape index (κ3) is 3.83. The Kier molecular flexibility index (Phi) is 5.11. The number of hydrogen-bond donors (Lipinski definition) is 0. The molecular formula is C20H25N3O4. The second-order valence-electron chi connectivity index (χ2n) is 7.27. The van der Waals surface area contributed by atoms with Crippen LogP contribution < -0.4 is 4.74 Å². The SMILES string of the molecule is CO[C@H]1C[C@H](c2nnc(C)o2)N(C(=O)c2ccc(OC3CCCC3)cc2)C1. The number of likely N-dealkylation sites (tertiary alicyclic amines) is 1. The van der Waals surface area contributed by atoms with Gasteiger partial charge < -0.3 is 18.8 Å². The zero-order valence-corrected chi connectivity index (χ0v) is 15.8. The minimum absolute atomic E-state index is 0.0453.